The number of likely N-dealkylation sites (tertiary alicyclic amines) is 2. The number of hydrogen-bond acceptors (Lipinski definition) is 10. The molecule has 0 N–H and O–H groups in total. The minimum atomic E-state index is 0.230. The van der Waals surface area contributed by atoms with Gasteiger partial charge < -0.3 is 18.9 Å². The van der Waals surface area contributed by atoms with Gasteiger partial charge in [0.25, 0.3) is 23.5 Å². The Hall–Kier alpha value is -3.50. The summed E-state index contributed by atoms with van der Waals surface area (Å²) in [6, 6.07) is 9.71. The third-order valence-corrected chi connectivity index (χ3v) is 6.12. The maximum atomic E-state index is 6.07. The van der Waals surface area contributed by atoms with E-state index in [1.807, 2.05) is 30.3 Å². The lowest BCUT2D eigenvalue weighted by atomic mass is 10.3. The summed E-state index contributed by atoms with van der Waals surface area (Å²) in [5.41, 5.74) is 0.749. The zero-order valence-electron chi connectivity index (χ0n) is 20.4. The van der Waals surface area contributed by atoms with E-state index in [0.717, 1.165) is 37.6 Å². The second kappa shape index (κ2) is 12.5. The first-order valence-electron chi connectivity index (χ1n) is 12.6. The van der Waals surface area contributed by atoms with E-state index in [-0.39, 0.29) is 11.8 Å². The molecule has 10 nitrogen and oxygen atoms in total. The molecular weight excluding hydrogens is 460 g/mol. The fourth-order valence-corrected chi connectivity index (χ4v) is 4.17. The Morgan fingerprint density at radius 3 is 1.97 bits per heavy atom. The third-order valence-electron chi connectivity index (χ3n) is 6.12. The minimum Gasteiger partial charge on any atom is -0.493 e. The van der Waals surface area contributed by atoms with E-state index in [1.165, 1.54) is 25.7 Å². The molecule has 36 heavy (non-hydrogen) atoms. The van der Waals surface area contributed by atoms with Crippen molar-refractivity contribution in [2.45, 2.75) is 32.1 Å². The van der Waals surface area contributed by atoms with Gasteiger partial charge in [-0.2, -0.15) is 0 Å². The van der Waals surface area contributed by atoms with Crippen LogP contribution >= 0.6 is 0 Å². The summed E-state index contributed by atoms with van der Waals surface area (Å²) >= 11 is 0. The predicted octanol–water partition coefficient (Wildman–Crippen LogP) is 3.54. The van der Waals surface area contributed by atoms with E-state index in [0.29, 0.717) is 38.2 Å². The van der Waals surface area contributed by atoms with Crippen LogP contribution in [0.4, 0.5) is 0 Å². The van der Waals surface area contributed by atoms with Gasteiger partial charge >= 0.3 is 0 Å². The average Bonchev–Trinajstić information content (AvgIpc) is 3.63. The van der Waals surface area contributed by atoms with Gasteiger partial charge in [-0.25, -0.2) is 19.9 Å². The van der Waals surface area contributed by atoms with Crippen LogP contribution in [0.3, 0.4) is 0 Å². The van der Waals surface area contributed by atoms with Gasteiger partial charge in [0.05, 0.1) is 18.5 Å². The van der Waals surface area contributed by atoms with E-state index >= 15 is 0 Å². The molecule has 0 aliphatic carbocycles. The quantitative estimate of drug-likeness (QED) is 0.374. The summed E-state index contributed by atoms with van der Waals surface area (Å²) < 4.78 is 23.8. The summed E-state index contributed by atoms with van der Waals surface area (Å²) in [6.45, 7) is 5.40. The van der Waals surface area contributed by atoms with Gasteiger partial charge in [-0.05, 0) is 37.8 Å². The monoisotopic (exact) mass is 492 g/mol. The number of para-hydroxylation sites is 1. The zero-order valence-corrected chi connectivity index (χ0v) is 20.4. The van der Waals surface area contributed by atoms with Crippen LogP contribution in [-0.4, -0.2) is 76.0 Å². The lowest BCUT2D eigenvalue weighted by Gasteiger charge is -2.18. The van der Waals surface area contributed by atoms with Gasteiger partial charge in [-0.3, -0.25) is 9.80 Å². The number of ether oxygens (including phenoxy) is 4. The second-order valence-corrected chi connectivity index (χ2v) is 8.85. The smallest absolute Gasteiger partial charge is 0.285 e. The Bertz CT molecular complexity index is 1090. The summed E-state index contributed by atoms with van der Waals surface area (Å²) in [5, 5.41) is 0. The SMILES string of the molecule is c1ccc(OCCc2cnc(Oc3nccnc3OCN3CCCC3)c(OCN3CCCC3)n2)cc1. The highest BCUT2D eigenvalue weighted by Crippen LogP contribution is 2.31. The minimum absolute atomic E-state index is 0.230. The topological polar surface area (TPSA) is 95.0 Å². The van der Waals surface area contributed by atoms with Crippen LogP contribution < -0.4 is 18.9 Å². The van der Waals surface area contributed by atoms with Crippen LogP contribution in [0.2, 0.25) is 0 Å². The first-order chi connectivity index (χ1) is 17.8. The Balaban J connectivity index is 1.27. The van der Waals surface area contributed by atoms with Gasteiger partial charge in [0, 0.05) is 45.0 Å². The molecule has 5 rings (SSSR count). The van der Waals surface area contributed by atoms with Crippen molar-refractivity contribution in [2.24, 2.45) is 0 Å². The highest BCUT2D eigenvalue weighted by Gasteiger charge is 2.20. The normalized spacial score (nSPS) is 16.2. The Morgan fingerprint density at radius 1 is 0.667 bits per heavy atom. The van der Waals surface area contributed by atoms with E-state index in [9.17, 15) is 0 Å². The molecule has 2 fully saturated rings. The van der Waals surface area contributed by atoms with Crippen LogP contribution in [0, 0.1) is 0 Å². The predicted molar refractivity (Wildman–Crippen MR) is 132 cm³/mol. The van der Waals surface area contributed by atoms with Crippen LogP contribution in [0.25, 0.3) is 0 Å². The fraction of sp³-hybridized carbons (Fsp3) is 0.462. The fourth-order valence-electron chi connectivity index (χ4n) is 4.17. The molecule has 0 spiro atoms. The van der Waals surface area contributed by atoms with E-state index in [1.54, 1.807) is 18.6 Å². The van der Waals surface area contributed by atoms with Crippen molar-refractivity contribution in [3.63, 3.8) is 0 Å². The summed E-state index contributed by atoms with van der Waals surface area (Å²) in [5.74, 6) is 1.91. The molecule has 0 atom stereocenters. The molecule has 0 unspecified atom stereocenters. The number of aromatic nitrogens is 4. The molecule has 0 amide bonds. The van der Waals surface area contributed by atoms with Crippen molar-refractivity contribution in [3.05, 3.63) is 54.6 Å². The lowest BCUT2D eigenvalue weighted by molar-refractivity contribution is 0.136. The van der Waals surface area contributed by atoms with Gasteiger partial charge in [-0.15, -0.1) is 0 Å². The van der Waals surface area contributed by atoms with E-state index in [2.05, 4.69) is 29.7 Å². The molecule has 2 aliphatic heterocycles. The van der Waals surface area contributed by atoms with Crippen molar-refractivity contribution in [3.8, 4) is 29.3 Å². The number of hydrogen-bond donors (Lipinski definition) is 0. The first kappa shape index (κ1) is 24.2. The van der Waals surface area contributed by atoms with Crippen molar-refractivity contribution in [2.75, 3.05) is 46.2 Å². The maximum absolute atomic E-state index is 6.07. The number of nitrogens with zero attached hydrogens (tertiary/aromatic N) is 6. The average molecular weight is 493 g/mol. The zero-order chi connectivity index (χ0) is 24.4. The van der Waals surface area contributed by atoms with Crippen LogP contribution in [0.1, 0.15) is 31.4 Å². The molecule has 0 saturated carbocycles. The van der Waals surface area contributed by atoms with Gasteiger partial charge in [0.1, 0.15) is 19.2 Å². The van der Waals surface area contributed by atoms with Crippen molar-refractivity contribution < 1.29 is 18.9 Å². The third kappa shape index (κ3) is 6.79. The van der Waals surface area contributed by atoms with Crippen LogP contribution in [0.15, 0.2) is 48.9 Å². The maximum Gasteiger partial charge on any atom is 0.285 e. The molecule has 2 aromatic heterocycles. The summed E-state index contributed by atoms with van der Waals surface area (Å²) in [6.07, 6.45) is 10.1. The highest BCUT2D eigenvalue weighted by atomic mass is 16.6. The molecule has 10 heteroatoms. The second-order valence-electron chi connectivity index (χ2n) is 8.85. The van der Waals surface area contributed by atoms with Gasteiger partial charge in [0.2, 0.25) is 0 Å². The molecule has 0 radical (unpaired) electrons. The standard InChI is InChI=1S/C26H32N6O4/c1-2-8-22(9-3-1)33-17-10-21-18-29-25(26(30-21)35-20-32-15-6-7-16-32)36-24-23(27-11-12-28-24)34-19-31-13-4-5-14-31/h1-3,8-9,11-12,18H,4-7,10,13-17,19-20H2. The largest absolute Gasteiger partial charge is 0.493 e. The molecule has 3 aromatic rings. The molecule has 190 valence electrons. The van der Waals surface area contributed by atoms with Crippen LogP contribution in [0.5, 0.6) is 29.3 Å². The van der Waals surface area contributed by atoms with Gasteiger partial charge in [0.15, 0.2) is 0 Å². The van der Waals surface area contributed by atoms with E-state index < -0.39 is 0 Å². The van der Waals surface area contributed by atoms with Gasteiger partial charge in [-0.1, -0.05) is 18.2 Å². The number of benzene rings is 1. The molecule has 4 heterocycles. The lowest BCUT2D eigenvalue weighted by Crippen LogP contribution is -2.25. The molecule has 2 aliphatic rings. The molecule has 0 bridgehead atoms. The highest BCUT2D eigenvalue weighted by molar-refractivity contribution is 5.34. The van der Waals surface area contributed by atoms with Crippen LogP contribution in [-0.2, 0) is 6.42 Å². The van der Waals surface area contributed by atoms with Crippen molar-refractivity contribution in [1.82, 2.24) is 29.7 Å². The van der Waals surface area contributed by atoms with Crippen molar-refractivity contribution in [1.29, 1.82) is 0 Å². The number of rotatable bonds is 12. The first-order valence-corrected chi connectivity index (χ1v) is 12.6. The van der Waals surface area contributed by atoms with Crippen molar-refractivity contribution >= 4 is 0 Å². The Labute approximate surface area is 211 Å². The Morgan fingerprint density at radius 2 is 1.28 bits per heavy atom. The molecule has 2 saturated heterocycles. The molecular formula is C26H32N6O4. The molecule has 1 aromatic carbocycles. The summed E-state index contributed by atoms with van der Waals surface area (Å²) in [7, 11) is 0. The Kier molecular flexibility index (Phi) is 8.38. The van der Waals surface area contributed by atoms with E-state index in [4.69, 9.17) is 18.9 Å². The summed E-state index contributed by atoms with van der Waals surface area (Å²) in [4.78, 5) is 22.3.